The van der Waals surface area contributed by atoms with E-state index in [4.69, 9.17) is 5.53 Å². The predicted octanol–water partition coefficient (Wildman–Crippen LogP) is 2.35. The molecule has 0 unspecified atom stereocenters. The topological polar surface area (TPSA) is 53.5 Å². The highest BCUT2D eigenvalue weighted by molar-refractivity contribution is 6.50. The fraction of sp³-hybridized carbons (Fsp3) is 0.167. The van der Waals surface area contributed by atoms with Gasteiger partial charge in [0.2, 0.25) is 0 Å². The Morgan fingerprint density at radius 1 is 1.27 bits per heavy atom. The Bertz CT molecular complexity index is 508. The van der Waals surface area contributed by atoms with Gasteiger partial charge in [0.25, 0.3) is 5.78 Å². The number of allylic oxidation sites excluding steroid dienone is 2. The zero-order valence-corrected chi connectivity index (χ0v) is 8.40. The van der Waals surface area contributed by atoms with Gasteiger partial charge in [-0.3, -0.25) is 4.79 Å². The van der Waals surface area contributed by atoms with Crippen molar-refractivity contribution < 1.29 is 9.58 Å². The van der Waals surface area contributed by atoms with Crippen molar-refractivity contribution >= 4 is 17.1 Å². The third-order valence-electron chi connectivity index (χ3n) is 2.55. The number of benzene rings is 1. The maximum atomic E-state index is 11.8. The lowest BCUT2D eigenvalue weighted by molar-refractivity contribution is -0.00439. The molecular weight excluding hydrogens is 188 g/mol. The second-order valence-corrected chi connectivity index (χ2v) is 3.38. The van der Waals surface area contributed by atoms with Gasteiger partial charge in [0.1, 0.15) is 0 Å². The van der Waals surface area contributed by atoms with Gasteiger partial charge in [0.15, 0.2) is 0 Å². The molecule has 0 spiro atoms. The summed E-state index contributed by atoms with van der Waals surface area (Å²) < 4.78 is 0. The third kappa shape index (κ3) is 1.43. The summed E-state index contributed by atoms with van der Waals surface area (Å²) in [6.07, 6.45) is 2.45. The molecule has 2 rings (SSSR count). The molecule has 3 nitrogen and oxygen atoms in total. The lowest BCUT2D eigenvalue weighted by Crippen LogP contribution is -2.19. The standard InChI is InChI=1S/C12H10N2O/c1-2-8-7-11(14-13)12(15)10-6-4-3-5-9(8)10/h3-7H,2H2,1H3. The minimum Gasteiger partial charge on any atom is -0.361 e. The van der Waals surface area contributed by atoms with Crippen LogP contribution in [-0.4, -0.2) is 16.3 Å². The molecule has 0 amide bonds. The van der Waals surface area contributed by atoms with Crippen molar-refractivity contribution in [1.82, 2.24) is 0 Å². The number of carbonyl (C=O) groups excluding carboxylic acids is 1. The molecule has 15 heavy (non-hydrogen) atoms. The van der Waals surface area contributed by atoms with Gasteiger partial charge in [-0.05, 0) is 17.6 Å². The van der Waals surface area contributed by atoms with Gasteiger partial charge in [0.05, 0.1) is 0 Å². The molecule has 1 aromatic rings. The van der Waals surface area contributed by atoms with E-state index in [1.54, 1.807) is 12.1 Å². The first kappa shape index (κ1) is 9.56. The lowest BCUT2D eigenvalue weighted by atomic mass is 9.88. The lowest BCUT2D eigenvalue weighted by Gasteiger charge is -2.12. The van der Waals surface area contributed by atoms with Crippen LogP contribution in [0.15, 0.2) is 30.3 Å². The molecule has 0 saturated heterocycles. The summed E-state index contributed by atoms with van der Waals surface area (Å²) in [7, 11) is 0. The third-order valence-corrected chi connectivity index (χ3v) is 2.55. The highest BCUT2D eigenvalue weighted by atomic mass is 16.1. The van der Waals surface area contributed by atoms with Gasteiger partial charge in [-0.15, -0.1) is 0 Å². The summed E-state index contributed by atoms with van der Waals surface area (Å²) in [5.41, 5.74) is 11.4. The Labute approximate surface area is 87.7 Å². The maximum absolute atomic E-state index is 11.8. The van der Waals surface area contributed by atoms with Crippen LogP contribution in [-0.2, 0) is 0 Å². The summed E-state index contributed by atoms with van der Waals surface area (Å²) >= 11 is 0. The largest absolute Gasteiger partial charge is 0.363 e. The number of fused-ring (bicyclic) bond motifs is 1. The fourth-order valence-electron chi connectivity index (χ4n) is 1.77. The van der Waals surface area contributed by atoms with E-state index >= 15 is 0 Å². The van der Waals surface area contributed by atoms with Crippen molar-refractivity contribution in [2.75, 3.05) is 0 Å². The SMILES string of the molecule is CCC1=CC(=[N+]=[N-])C(=O)c2ccccc21. The Hall–Kier alpha value is -1.99. The van der Waals surface area contributed by atoms with Gasteiger partial charge in [-0.2, -0.15) is 4.79 Å². The second-order valence-electron chi connectivity index (χ2n) is 3.38. The zero-order valence-electron chi connectivity index (χ0n) is 8.40. The van der Waals surface area contributed by atoms with Gasteiger partial charge in [-0.1, -0.05) is 31.2 Å². The first-order valence-electron chi connectivity index (χ1n) is 4.84. The van der Waals surface area contributed by atoms with E-state index in [9.17, 15) is 4.79 Å². The van der Waals surface area contributed by atoms with Crippen LogP contribution in [0.3, 0.4) is 0 Å². The highest BCUT2D eigenvalue weighted by Gasteiger charge is 2.28. The molecule has 1 aromatic carbocycles. The van der Waals surface area contributed by atoms with Crippen LogP contribution in [0.2, 0.25) is 0 Å². The Morgan fingerprint density at radius 3 is 2.53 bits per heavy atom. The molecule has 0 heterocycles. The number of Topliss-reactive ketones (excluding diaryl/α,β-unsaturated/α-hetero) is 1. The molecule has 0 saturated carbocycles. The van der Waals surface area contributed by atoms with Crippen molar-refractivity contribution in [3.63, 3.8) is 0 Å². The minimum absolute atomic E-state index is 0.116. The summed E-state index contributed by atoms with van der Waals surface area (Å²) in [6, 6.07) is 7.38. The Kier molecular flexibility index (Phi) is 2.32. The molecular formula is C12H10N2O. The van der Waals surface area contributed by atoms with Gasteiger partial charge < -0.3 is 5.53 Å². The van der Waals surface area contributed by atoms with Crippen molar-refractivity contribution in [2.45, 2.75) is 13.3 Å². The monoisotopic (exact) mass is 198 g/mol. The molecule has 0 bridgehead atoms. The minimum atomic E-state index is -0.217. The first-order valence-corrected chi connectivity index (χ1v) is 4.84. The summed E-state index contributed by atoms with van der Waals surface area (Å²) in [5.74, 6) is -0.217. The molecule has 1 aliphatic carbocycles. The smallest absolute Gasteiger partial charge is 0.361 e. The molecule has 0 N–H and O–H groups in total. The molecule has 0 aliphatic heterocycles. The number of carbonyl (C=O) groups is 1. The van der Waals surface area contributed by atoms with Gasteiger partial charge in [0, 0.05) is 11.6 Å². The summed E-state index contributed by atoms with van der Waals surface area (Å²) in [6.45, 7) is 2.01. The zero-order chi connectivity index (χ0) is 10.8. The number of hydrogen-bond acceptors (Lipinski definition) is 1. The summed E-state index contributed by atoms with van der Waals surface area (Å²) in [5, 5.41) is 0. The van der Waals surface area contributed by atoms with E-state index in [0.29, 0.717) is 5.56 Å². The average molecular weight is 198 g/mol. The van der Waals surface area contributed by atoms with E-state index in [1.165, 1.54) is 0 Å². The maximum Gasteiger partial charge on any atom is 0.363 e. The van der Waals surface area contributed by atoms with Crippen LogP contribution in [0.4, 0.5) is 0 Å². The molecule has 0 aromatic heterocycles. The van der Waals surface area contributed by atoms with Crippen molar-refractivity contribution in [2.24, 2.45) is 0 Å². The highest BCUT2D eigenvalue weighted by Crippen LogP contribution is 2.26. The van der Waals surface area contributed by atoms with Crippen LogP contribution in [0.5, 0.6) is 0 Å². The van der Waals surface area contributed by atoms with Crippen LogP contribution in [0.25, 0.3) is 11.1 Å². The van der Waals surface area contributed by atoms with Gasteiger partial charge in [-0.25, -0.2) is 0 Å². The van der Waals surface area contributed by atoms with Crippen LogP contribution in [0.1, 0.15) is 29.3 Å². The van der Waals surface area contributed by atoms with E-state index < -0.39 is 0 Å². The molecule has 1 aliphatic rings. The van der Waals surface area contributed by atoms with Gasteiger partial charge >= 0.3 is 5.71 Å². The first-order chi connectivity index (χ1) is 7.27. The Morgan fingerprint density at radius 2 is 1.93 bits per heavy atom. The molecule has 0 radical (unpaired) electrons. The normalized spacial score (nSPS) is 14.3. The van der Waals surface area contributed by atoms with Crippen LogP contribution < -0.4 is 0 Å². The fourth-order valence-corrected chi connectivity index (χ4v) is 1.77. The van der Waals surface area contributed by atoms with Crippen molar-refractivity contribution in [3.05, 3.63) is 47.0 Å². The number of hydrogen-bond donors (Lipinski definition) is 0. The van der Waals surface area contributed by atoms with Crippen LogP contribution in [0, 0.1) is 0 Å². The number of rotatable bonds is 1. The van der Waals surface area contributed by atoms with E-state index in [1.807, 2.05) is 25.1 Å². The van der Waals surface area contributed by atoms with E-state index in [2.05, 4.69) is 4.79 Å². The summed E-state index contributed by atoms with van der Waals surface area (Å²) in [4.78, 5) is 14.8. The molecule has 3 heteroatoms. The molecule has 0 fully saturated rings. The number of nitrogens with zero attached hydrogens (tertiary/aromatic N) is 2. The van der Waals surface area contributed by atoms with E-state index in [-0.39, 0.29) is 11.5 Å². The number of ketones is 1. The van der Waals surface area contributed by atoms with Crippen LogP contribution >= 0.6 is 0 Å². The molecule has 0 atom stereocenters. The Balaban J connectivity index is 2.71. The quantitative estimate of drug-likeness (QED) is 0.504. The predicted molar refractivity (Wildman–Crippen MR) is 57.7 cm³/mol. The van der Waals surface area contributed by atoms with E-state index in [0.717, 1.165) is 17.6 Å². The van der Waals surface area contributed by atoms with Crippen molar-refractivity contribution in [1.29, 1.82) is 0 Å². The average Bonchev–Trinajstić information content (AvgIpc) is 2.30. The van der Waals surface area contributed by atoms with Crippen molar-refractivity contribution in [3.8, 4) is 0 Å². The molecule has 74 valence electrons. The second kappa shape index (κ2) is 3.64.